The highest BCUT2D eigenvalue weighted by Crippen LogP contribution is 2.33. The molecule has 0 spiro atoms. The first-order chi connectivity index (χ1) is 14.0. The van der Waals surface area contributed by atoms with Crippen LogP contribution in [0.1, 0.15) is 46.3 Å². The number of hydrogen-bond donors (Lipinski definition) is 1. The molecule has 6 nitrogen and oxygen atoms in total. The van der Waals surface area contributed by atoms with Gasteiger partial charge in [-0.25, -0.2) is 4.39 Å². The third-order valence-electron chi connectivity index (χ3n) is 5.10. The lowest BCUT2D eigenvalue weighted by atomic mass is 10.1. The Morgan fingerprint density at radius 1 is 1.28 bits per heavy atom. The van der Waals surface area contributed by atoms with Crippen LogP contribution in [0.4, 0.5) is 4.39 Å². The van der Waals surface area contributed by atoms with E-state index in [-0.39, 0.29) is 17.4 Å². The molecule has 1 atom stereocenters. The van der Waals surface area contributed by atoms with E-state index in [1.807, 2.05) is 37.3 Å². The Balaban J connectivity index is 1.42. The highest BCUT2D eigenvalue weighted by molar-refractivity contribution is 5.92. The van der Waals surface area contributed by atoms with Crippen molar-refractivity contribution < 1.29 is 18.4 Å². The number of amides is 1. The summed E-state index contributed by atoms with van der Waals surface area (Å²) >= 11 is 0. The van der Waals surface area contributed by atoms with E-state index in [4.69, 9.17) is 15.0 Å². The van der Waals surface area contributed by atoms with Crippen LogP contribution in [0.3, 0.4) is 0 Å². The molecule has 29 heavy (non-hydrogen) atoms. The number of rotatable bonds is 6. The maximum absolute atomic E-state index is 14.1. The van der Waals surface area contributed by atoms with Crippen molar-refractivity contribution in [2.45, 2.75) is 32.4 Å². The number of likely N-dealkylation sites (tertiary alicyclic amines) is 1. The molecule has 0 radical (unpaired) electrons. The van der Waals surface area contributed by atoms with Crippen LogP contribution < -0.4 is 10.5 Å². The van der Waals surface area contributed by atoms with Crippen molar-refractivity contribution in [3.05, 3.63) is 76.9 Å². The molecule has 1 unspecified atom stereocenters. The second-order valence-corrected chi connectivity index (χ2v) is 7.25. The smallest absolute Gasteiger partial charge is 0.248 e. The molecule has 1 aromatic heterocycles. The van der Waals surface area contributed by atoms with E-state index >= 15 is 0 Å². The number of aromatic nitrogens is 1. The van der Waals surface area contributed by atoms with Crippen molar-refractivity contribution in [1.29, 1.82) is 0 Å². The molecule has 3 aromatic rings. The first kappa shape index (κ1) is 19.1. The largest absolute Gasteiger partial charge is 0.454 e. The van der Waals surface area contributed by atoms with Crippen LogP contribution in [0.15, 0.2) is 53.1 Å². The molecule has 0 bridgehead atoms. The van der Waals surface area contributed by atoms with Crippen LogP contribution in [0.5, 0.6) is 11.5 Å². The number of aryl methyl sites for hydroxylation is 1. The van der Waals surface area contributed by atoms with E-state index in [2.05, 4.69) is 10.1 Å². The van der Waals surface area contributed by atoms with Crippen LogP contribution in [0, 0.1) is 12.7 Å². The van der Waals surface area contributed by atoms with Gasteiger partial charge in [0.1, 0.15) is 17.2 Å². The summed E-state index contributed by atoms with van der Waals surface area (Å²) in [4.78, 5) is 13.5. The molecule has 1 amide bonds. The number of ether oxygens (including phenoxy) is 1. The predicted octanol–water partition coefficient (Wildman–Crippen LogP) is 4.35. The van der Waals surface area contributed by atoms with Crippen molar-refractivity contribution in [3.8, 4) is 11.5 Å². The third-order valence-corrected chi connectivity index (χ3v) is 5.10. The Kier molecular flexibility index (Phi) is 5.31. The standard InChI is InChI=1S/C22H22FN3O3/c1-14-11-19(25-29-14)20-3-2-10-26(20)13-15-4-7-17(8-5-15)28-21-9-6-16(22(24)27)12-18(21)23/h4-9,11-12,20H,2-3,10,13H2,1H3,(H2,24,27). The van der Waals surface area contributed by atoms with Gasteiger partial charge >= 0.3 is 0 Å². The highest BCUT2D eigenvalue weighted by Gasteiger charge is 2.28. The normalized spacial score (nSPS) is 16.8. The Morgan fingerprint density at radius 3 is 2.72 bits per heavy atom. The quantitative estimate of drug-likeness (QED) is 0.671. The highest BCUT2D eigenvalue weighted by atomic mass is 19.1. The number of carbonyl (C=O) groups is 1. The van der Waals surface area contributed by atoms with Gasteiger partial charge in [0.2, 0.25) is 5.91 Å². The summed E-state index contributed by atoms with van der Waals surface area (Å²) in [6.07, 6.45) is 2.19. The van der Waals surface area contributed by atoms with Crippen molar-refractivity contribution in [2.24, 2.45) is 5.73 Å². The van der Waals surface area contributed by atoms with Gasteiger partial charge in [0, 0.05) is 18.2 Å². The fraction of sp³-hybridized carbons (Fsp3) is 0.273. The molecule has 2 N–H and O–H groups in total. The molecule has 150 valence electrons. The number of primary amides is 1. The Morgan fingerprint density at radius 2 is 2.07 bits per heavy atom. The minimum absolute atomic E-state index is 0.0451. The fourth-order valence-corrected chi connectivity index (χ4v) is 3.65. The molecule has 7 heteroatoms. The van der Waals surface area contributed by atoms with Gasteiger partial charge in [0.15, 0.2) is 11.6 Å². The average molecular weight is 395 g/mol. The number of halogens is 1. The van der Waals surface area contributed by atoms with Crippen molar-refractivity contribution >= 4 is 5.91 Å². The SMILES string of the molecule is Cc1cc(C2CCCN2Cc2ccc(Oc3ccc(C(N)=O)cc3F)cc2)no1. The second kappa shape index (κ2) is 8.05. The van der Waals surface area contributed by atoms with Crippen LogP contribution in [-0.4, -0.2) is 22.5 Å². The molecule has 1 fully saturated rings. The van der Waals surface area contributed by atoms with Crippen molar-refractivity contribution in [1.82, 2.24) is 10.1 Å². The van der Waals surface area contributed by atoms with Gasteiger partial charge in [-0.2, -0.15) is 0 Å². The van der Waals surface area contributed by atoms with Gasteiger partial charge in [-0.05, 0) is 62.2 Å². The Bertz CT molecular complexity index is 1020. The maximum atomic E-state index is 14.1. The topological polar surface area (TPSA) is 81.6 Å². The number of benzene rings is 2. The van der Waals surface area contributed by atoms with E-state index in [9.17, 15) is 9.18 Å². The molecule has 4 rings (SSSR count). The maximum Gasteiger partial charge on any atom is 0.248 e. The Labute approximate surface area is 168 Å². The molecule has 0 aliphatic carbocycles. The first-order valence-corrected chi connectivity index (χ1v) is 9.53. The average Bonchev–Trinajstić information content (AvgIpc) is 3.33. The van der Waals surface area contributed by atoms with Gasteiger partial charge < -0.3 is 15.0 Å². The van der Waals surface area contributed by atoms with E-state index in [0.717, 1.165) is 49.0 Å². The molecule has 2 heterocycles. The minimum Gasteiger partial charge on any atom is -0.454 e. The van der Waals surface area contributed by atoms with Gasteiger partial charge in [-0.15, -0.1) is 0 Å². The summed E-state index contributed by atoms with van der Waals surface area (Å²) in [5.41, 5.74) is 7.38. The lowest BCUT2D eigenvalue weighted by Crippen LogP contribution is -2.22. The van der Waals surface area contributed by atoms with Crippen molar-refractivity contribution in [3.63, 3.8) is 0 Å². The summed E-state index contributed by atoms with van der Waals surface area (Å²) < 4.78 is 24.9. The lowest BCUT2D eigenvalue weighted by Gasteiger charge is -2.22. The molecule has 1 aliphatic heterocycles. The first-order valence-electron chi connectivity index (χ1n) is 9.53. The van der Waals surface area contributed by atoms with E-state index in [1.165, 1.54) is 12.1 Å². The summed E-state index contributed by atoms with van der Waals surface area (Å²) in [6.45, 7) is 3.70. The van der Waals surface area contributed by atoms with Crippen LogP contribution in [0.2, 0.25) is 0 Å². The number of hydrogen-bond acceptors (Lipinski definition) is 5. The molecule has 0 saturated carbocycles. The number of nitrogens with zero attached hydrogens (tertiary/aromatic N) is 2. The molecule has 2 aromatic carbocycles. The molecule has 1 saturated heterocycles. The zero-order valence-corrected chi connectivity index (χ0v) is 16.1. The zero-order valence-electron chi connectivity index (χ0n) is 16.1. The summed E-state index contributed by atoms with van der Waals surface area (Å²) in [5.74, 6) is 0.0757. The summed E-state index contributed by atoms with van der Waals surface area (Å²) in [7, 11) is 0. The predicted molar refractivity (Wildman–Crippen MR) is 105 cm³/mol. The van der Waals surface area contributed by atoms with Crippen LogP contribution in [-0.2, 0) is 6.54 Å². The minimum atomic E-state index is -0.680. The van der Waals surface area contributed by atoms with Crippen LogP contribution in [0.25, 0.3) is 0 Å². The van der Waals surface area contributed by atoms with Gasteiger partial charge in [-0.3, -0.25) is 9.69 Å². The summed E-state index contributed by atoms with van der Waals surface area (Å²) in [5, 5.41) is 4.17. The monoisotopic (exact) mass is 395 g/mol. The van der Waals surface area contributed by atoms with E-state index in [0.29, 0.717) is 5.75 Å². The lowest BCUT2D eigenvalue weighted by molar-refractivity contribution is 0.1000. The van der Waals surface area contributed by atoms with Gasteiger partial charge in [-0.1, -0.05) is 17.3 Å². The molecular weight excluding hydrogens is 373 g/mol. The van der Waals surface area contributed by atoms with E-state index < -0.39 is 11.7 Å². The second-order valence-electron chi connectivity index (χ2n) is 7.25. The molecular formula is C22H22FN3O3. The van der Waals surface area contributed by atoms with Crippen molar-refractivity contribution in [2.75, 3.05) is 6.54 Å². The van der Waals surface area contributed by atoms with E-state index in [1.54, 1.807) is 0 Å². The van der Waals surface area contributed by atoms with Gasteiger partial charge in [0.05, 0.1) is 6.04 Å². The van der Waals surface area contributed by atoms with Gasteiger partial charge in [0.25, 0.3) is 0 Å². The third kappa shape index (κ3) is 4.30. The fourth-order valence-electron chi connectivity index (χ4n) is 3.65. The molecule has 1 aliphatic rings. The number of nitrogens with two attached hydrogens (primary N) is 1. The Hall–Kier alpha value is -3.19. The van der Waals surface area contributed by atoms with Crippen LogP contribution >= 0.6 is 0 Å². The zero-order chi connectivity index (χ0) is 20.4. The summed E-state index contributed by atoms with van der Waals surface area (Å²) in [6, 6.07) is 13.7. The number of carbonyl (C=O) groups excluding carboxylic acids is 1.